The zero-order valence-electron chi connectivity index (χ0n) is 26.9. The molecule has 0 saturated carbocycles. The summed E-state index contributed by atoms with van der Waals surface area (Å²) in [6.07, 6.45) is 7.43. The normalized spacial score (nSPS) is 20.1. The Bertz CT molecular complexity index is 978. The average Bonchev–Trinajstić information content (AvgIpc) is 3.14. The van der Waals surface area contributed by atoms with E-state index in [1.54, 1.807) is 20.8 Å². The Hall–Kier alpha value is -1.96. The summed E-state index contributed by atoms with van der Waals surface area (Å²) in [5.41, 5.74) is 1.55. The average molecular weight is 620 g/mol. The van der Waals surface area contributed by atoms with Crippen molar-refractivity contribution in [1.29, 1.82) is 0 Å². The van der Waals surface area contributed by atoms with E-state index in [0.29, 0.717) is 30.2 Å². The molecule has 2 saturated heterocycles. The summed E-state index contributed by atoms with van der Waals surface area (Å²) in [7, 11) is -4.19. The van der Waals surface area contributed by atoms with Gasteiger partial charge in [0.15, 0.2) is 6.61 Å². The van der Waals surface area contributed by atoms with Crippen LogP contribution in [-0.4, -0.2) is 96.6 Å². The van der Waals surface area contributed by atoms with Crippen LogP contribution in [0, 0.1) is 0 Å². The van der Waals surface area contributed by atoms with Crippen molar-refractivity contribution in [3.8, 4) is 0 Å². The SMILES string of the molecule is CCCC[N+](CCCC)(CCCC)C(CCC)S(=O)(=O)ON1C(=O)N2C[C@H]1CC[C@H]2C(=O)NOCC(=O)OC(C)(C)C. The summed E-state index contributed by atoms with van der Waals surface area (Å²) in [4.78, 5) is 44.5. The number of unbranched alkanes of at least 4 members (excludes halogenated alkanes) is 3. The van der Waals surface area contributed by atoms with Gasteiger partial charge >= 0.3 is 22.1 Å². The van der Waals surface area contributed by atoms with Crippen LogP contribution in [0.25, 0.3) is 0 Å². The van der Waals surface area contributed by atoms with Gasteiger partial charge in [0.05, 0.1) is 25.7 Å². The van der Waals surface area contributed by atoms with E-state index in [9.17, 15) is 22.8 Å². The number of rotatable bonds is 19. The lowest BCUT2D eigenvalue weighted by Gasteiger charge is -2.44. The van der Waals surface area contributed by atoms with Crippen LogP contribution in [0.15, 0.2) is 0 Å². The highest BCUT2D eigenvalue weighted by Crippen LogP contribution is 2.34. The van der Waals surface area contributed by atoms with Gasteiger partial charge in [-0.25, -0.2) is 15.1 Å². The van der Waals surface area contributed by atoms with Crippen molar-refractivity contribution in [2.45, 2.75) is 136 Å². The van der Waals surface area contributed by atoms with Crippen LogP contribution in [0.5, 0.6) is 0 Å². The number of ether oxygens (including phenoxy) is 1. The Morgan fingerprint density at radius 1 is 0.976 bits per heavy atom. The van der Waals surface area contributed by atoms with Gasteiger partial charge in [-0.1, -0.05) is 47.0 Å². The fourth-order valence-electron chi connectivity index (χ4n) is 5.89. The molecule has 2 heterocycles. The first-order chi connectivity index (χ1) is 19.7. The lowest BCUT2D eigenvalue weighted by atomic mass is 10.0. The second-order valence-corrected chi connectivity index (χ2v) is 14.3. The highest BCUT2D eigenvalue weighted by atomic mass is 32.2. The molecule has 0 aromatic rings. The van der Waals surface area contributed by atoms with E-state index in [1.807, 2.05) is 6.92 Å². The van der Waals surface area contributed by atoms with Crippen LogP contribution in [0.4, 0.5) is 4.79 Å². The lowest BCUT2D eigenvalue weighted by Crippen LogP contribution is -2.61. The van der Waals surface area contributed by atoms with Gasteiger partial charge in [0, 0.05) is 13.0 Å². The Labute approximate surface area is 253 Å². The number of quaternary nitrogens is 1. The highest BCUT2D eigenvalue weighted by molar-refractivity contribution is 7.87. The molecule has 42 heavy (non-hydrogen) atoms. The Kier molecular flexibility index (Phi) is 14.0. The van der Waals surface area contributed by atoms with Crippen molar-refractivity contribution in [3.63, 3.8) is 0 Å². The number of nitrogens with one attached hydrogen (secondary N) is 1. The molecular formula is C29H55N4O8S+. The van der Waals surface area contributed by atoms with Gasteiger partial charge < -0.3 is 14.1 Å². The summed E-state index contributed by atoms with van der Waals surface area (Å²) < 4.78 is 39.5. The number of esters is 1. The van der Waals surface area contributed by atoms with Crippen molar-refractivity contribution in [3.05, 3.63) is 0 Å². The van der Waals surface area contributed by atoms with Gasteiger partial charge in [0.25, 0.3) is 5.91 Å². The number of fused-ring (bicyclic) bond motifs is 2. The van der Waals surface area contributed by atoms with Crippen molar-refractivity contribution >= 4 is 28.0 Å². The van der Waals surface area contributed by atoms with Gasteiger partial charge in [-0.15, -0.1) is 4.28 Å². The number of urea groups is 1. The van der Waals surface area contributed by atoms with Crippen LogP contribution < -0.4 is 5.48 Å². The molecule has 1 unspecified atom stereocenters. The fourth-order valence-corrected chi connectivity index (χ4v) is 7.79. The van der Waals surface area contributed by atoms with E-state index in [0.717, 1.165) is 63.2 Å². The third-order valence-electron chi connectivity index (χ3n) is 7.94. The molecule has 2 bridgehead atoms. The number of amides is 3. The number of hydrogen-bond donors (Lipinski definition) is 1. The number of carbonyl (C=O) groups is 3. The molecule has 3 amide bonds. The predicted molar refractivity (Wildman–Crippen MR) is 159 cm³/mol. The van der Waals surface area contributed by atoms with E-state index in [2.05, 4.69) is 26.3 Å². The Morgan fingerprint density at radius 3 is 2.05 bits per heavy atom. The van der Waals surface area contributed by atoms with Gasteiger partial charge in [-0.05, 0) is 59.3 Å². The molecule has 1 N–H and O–H groups in total. The van der Waals surface area contributed by atoms with Crippen LogP contribution in [0.1, 0.15) is 113 Å². The van der Waals surface area contributed by atoms with Crippen LogP contribution in [0.3, 0.4) is 0 Å². The summed E-state index contributed by atoms with van der Waals surface area (Å²) >= 11 is 0. The van der Waals surface area contributed by atoms with Gasteiger partial charge in [-0.3, -0.25) is 9.63 Å². The predicted octanol–water partition coefficient (Wildman–Crippen LogP) is 4.25. The van der Waals surface area contributed by atoms with Crippen LogP contribution >= 0.6 is 0 Å². The van der Waals surface area contributed by atoms with Crippen molar-refractivity contribution in [2.75, 3.05) is 32.8 Å². The molecule has 12 nitrogen and oxygen atoms in total. The molecule has 2 aliphatic heterocycles. The fraction of sp³-hybridized carbons (Fsp3) is 0.897. The smallest absolute Gasteiger partial charge is 0.346 e. The zero-order valence-corrected chi connectivity index (χ0v) is 27.7. The standard InChI is InChI=1S/C29H54N4O8S/c1-8-12-18-33(19-13-9-2,20-14-10-3)25(15-11-4)42(37,38)41-32-23-16-17-24(31(21-23)28(32)36)27(35)30-39-22-26(34)40-29(5,6)7/h23-25H,8-22H2,1-7H3/p+1/t23-,24+,25?/m1/s1. The molecule has 2 aliphatic rings. The van der Waals surface area contributed by atoms with E-state index < -0.39 is 57.7 Å². The molecule has 13 heteroatoms. The lowest BCUT2D eigenvalue weighted by molar-refractivity contribution is -0.939. The van der Waals surface area contributed by atoms with E-state index >= 15 is 0 Å². The molecule has 0 spiro atoms. The van der Waals surface area contributed by atoms with Gasteiger partial charge in [-0.2, -0.15) is 13.5 Å². The zero-order chi connectivity index (χ0) is 31.6. The van der Waals surface area contributed by atoms with E-state index in [4.69, 9.17) is 13.9 Å². The summed E-state index contributed by atoms with van der Waals surface area (Å²) in [5, 5.41) is 0.191. The quantitative estimate of drug-likeness (QED) is 0.129. The first-order valence-electron chi connectivity index (χ1n) is 15.8. The number of piperidine rings is 1. The minimum Gasteiger partial charge on any atom is -0.458 e. The van der Waals surface area contributed by atoms with Gasteiger partial charge in [0.1, 0.15) is 11.6 Å². The van der Waals surface area contributed by atoms with Crippen molar-refractivity contribution < 1.29 is 41.1 Å². The highest BCUT2D eigenvalue weighted by Gasteiger charge is 2.52. The van der Waals surface area contributed by atoms with Crippen molar-refractivity contribution in [1.82, 2.24) is 15.4 Å². The maximum atomic E-state index is 14.1. The minimum atomic E-state index is -4.19. The summed E-state index contributed by atoms with van der Waals surface area (Å²) in [6.45, 7) is 15.4. The minimum absolute atomic E-state index is 0.165. The second-order valence-electron chi connectivity index (χ2n) is 12.6. The number of nitrogens with zero attached hydrogens (tertiary/aromatic N) is 3. The Morgan fingerprint density at radius 2 is 1.55 bits per heavy atom. The number of hydrogen-bond acceptors (Lipinski definition) is 8. The molecule has 0 aromatic heterocycles. The number of hydroxylamine groups is 3. The molecule has 0 aliphatic carbocycles. The first-order valence-corrected chi connectivity index (χ1v) is 17.2. The summed E-state index contributed by atoms with van der Waals surface area (Å²) in [5.74, 6) is -1.23. The monoisotopic (exact) mass is 619 g/mol. The first kappa shape index (κ1) is 36.2. The molecule has 2 fully saturated rings. The van der Waals surface area contributed by atoms with Crippen LogP contribution in [0.2, 0.25) is 0 Å². The molecule has 2 rings (SSSR count). The van der Waals surface area contributed by atoms with Gasteiger partial charge in [0.2, 0.25) is 5.37 Å². The maximum absolute atomic E-state index is 14.1. The van der Waals surface area contributed by atoms with Crippen molar-refractivity contribution in [2.24, 2.45) is 0 Å². The topological polar surface area (TPSA) is 132 Å². The third-order valence-corrected chi connectivity index (χ3v) is 9.66. The largest absolute Gasteiger partial charge is 0.458 e. The molecule has 0 radical (unpaired) electrons. The van der Waals surface area contributed by atoms with E-state index in [1.165, 1.54) is 4.90 Å². The molecule has 3 atom stereocenters. The molecule has 244 valence electrons. The van der Waals surface area contributed by atoms with E-state index in [-0.39, 0.29) is 6.54 Å². The third kappa shape index (κ3) is 9.78. The maximum Gasteiger partial charge on any atom is 0.346 e. The molecule has 0 aromatic carbocycles. The molecular weight excluding hydrogens is 564 g/mol. The summed E-state index contributed by atoms with van der Waals surface area (Å²) in [6, 6.07) is -2.01. The second kappa shape index (κ2) is 16.2. The van der Waals surface area contributed by atoms with Crippen LogP contribution in [-0.2, 0) is 33.6 Å². The Balaban J connectivity index is 2.19. The number of carbonyl (C=O) groups excluding carboxylic acids is 3.